The minimum absolute atomic E-state index is 0.0187. The molecule has 0 radical (unpaired) electrons. The fourth-order valence-corrected chi connectivity index (χ4v) is 2.71. The summed E-state index contributed by atoms with van der Waals surface area (Å²) in [6.45, 7) is 3.38. The second-order valence-corrected chi connectivity index (χ2v) is 6.46. The third-order valence-electron chi connectivity index (χ3n) is 4.29. The minimum Gasteiger partial charge on any atom is -0.462 e. The lowest BCUT2D eigenvalue weighted by Gasteiger charge is -2.08. The Hall–Kier alpha value is -4.08. The Bertz CT molecular complexity index is 1110. The monoisotopic (exact) mass is 425 g/mol. The molecule has 2 amide bonds. The normalized spacial score (nSPS) is 10.4. The maximum atomic E-state index is 13.7. The molecule has 0 aliphatic rings. The van der Waals surface area contributed by atoms with Crippen LogP contribution in [0.2, 0.25) is 0 Å². The molecule has 0 bridgehead atoms. The highest BCUT2D eigenvalue weighted by Crippen LogP contribution is 2.15. The van der Waals surface area contributed by atoms with Crippen molar-refractivity contribution in [1.82, 2.24) is 15.0 Å². The van der Waals surface area contributed by atoms with Gasteiger partial charge in [0.25, 0.3) is 5.91 Å². The van der Waals surface area contributed by atoms with Gasteiger partial charge in [0.05, 0.1) is 23.6 Å². The highest BCUT2D eigenvalue weighted by molar-refractivity contribution is 6.03. The van der Waals surface area contributed by atoms with Gasteiger partial charge < -0.3 is 15.4 Å². The molecule has 0 atom stereocenters. The number of aromatic nitrogens is 3. The second-order valence-electron chi connectivity index (χ2n) is 6.46. The maximum Gasteiger partial charge on any atom is 0.338 e. The standard InChI is InChI=1S/C21H20FN5O4/c1-3-31-21(30)14-8-10-15(11-9-14)23-18(28)12-27-13(2)19(25-26-27)20(29)24-17-7-5-4-6-16(17)22/h4-11H,3,12H2,1-2H3,(H,23,28)(H,24,29). The van der Waals surface area contributed by atoms with E-state index < -0.39 is 23.6 Å². The molecule has 160 valence electrons. The Labute approximate surface area is 177 Å². The number of carbonyl (C=O) groups excluding carboxylic acids is 3. The molecular formula is C21H20FN5O4. The highest BCUT2D eigenvalue weighted by Gasteiger charge is 2.19. The lowest BCUT2D eigenvalue weighted by molar-refractivity contribution is -0.117. The lowest BCUT2D eigenvalue weighted by Crippen LogP contribution is -2.21. The number of esters is 1. The van der Waals surface area contributed by atoms with Gasteiger partial charge in [-0.05, 0) is 50.2 Å². The number of benzene rings is 2. The minimum atomic E-state index is -0.635. The van der Waals surface area contributed by atoms with Gasteiger partial charge in [0, 0.05) is 5.69 Å². The Morgan fingerprint density at radius 1 is 1.06 bits per heavy atom. The molecule has 0 saturated heterocycles. The van der Waals surface area contributed by atoms with Crippen molar-refractivity contribution in [3.8, 4) is 0 Å². The fourth-order valence-electron chi connectivity index (χ4n) is 2.71. The van der Waals surface area contributed by atoms with Gasteiger partial charge in [0.1, 0.15) is 12.4 Å². The molecule has 31 heavy (non-hydrogen) atoms. The summed E-state index contributed by atoms with van der Waals surface area (Å²) in [6.07, 6.45) is 0. The van der Waals surface area contributed by atoms with E-state index in [1.165, 1.54) is 22.9 Å². The Kier molecular flexibility index (Phi) is 6.71. The van der Waals surface area contributed by atoms with Crippen LogP contribution in [0.5, 0.6) is 0 Å². The quantitative estimate of drug-likeness (QED) is 0.563. The van der Waals surface area contributed by atoms with Crippen molar-refractivity contribution in [1.29, 1.82) is 0 Å². The molecule has 0 aliphatic carbocycles. The lowest BCUT2D eigenvalue weighted by atomic mass is 10.2. The summed E-state index contributed by atoms with van der Waals surface area (Å²) in [5.74, 6) is -2.06. The summed E-state index contributed by atoms with van der Waals surface area (Å²) in [5.41, 5.74) is 1.20. The maximum absolute atomic E-state index is 13.7. The molecule has 0 unspecified atom stereocenters. The number of carbonyl (C=O) groups is 3. The highest BCUT2D eigenvalue weighted by atomic mass is 19.1. The molecule has 1 heterocycles. The summed E-state index contributed by atoms with van der Waals surface area (Å²) < 4.78 is 19.9. The number of ether oxygens (including phenoxy) is 1. The first-order valence-corrected chi connectivity index (χ1v) is 9.42. The van der Waals surface area contributed by atoms with Crippen LogP contribution in [-0.4, -0.2) is 39.4 Å². The van der Waals surface area contributed by atoms with Gasteiger partial charge in [-0.1, -0.05) is 17.3 Å². The summed E-state index contributed by atoms with van der Waals surface area (Å²) in [4.78, 5) is 36.4. The first kappa shape index (κ1) is 21.6. The third kappa shape index (κ3) is 5.30. The van der Waals surface area contributed by atoms with Crippen molar-refractivity contribution >= 4 is 29.2 Å². The largest absolute Gasteiger partial charge is 0.462 e. The number of nitrogens with one attached hydrogen (secondary N) is 2. The zero-order valence-electron chi connectivity index (χ0n) is 16.9. The van der Waals surface area contributed by atoms with Crippen molar-refractivity contribution in [2.75, 3.05) is 17.2 Å². The van der Waals surface area contributed by atoms with Crippen LogP contribution in [0.15, 0.2) is 48.5 Å². The van der Waals surface area contributed by atoms with E-state index in [1.54, 1.807) is 44.2 Å². The van der Waals surface area contributed by atoms with E-state index in [0.717, 1.165) is 0 Å². The molecule has 0 aliphatic heterocycles. The van der Waals surface area contributed by atoms with Crippen molar-refractivity contribution in [2.45, 2.75) is 20.4 Å². The second kappa shape index (κ2) is 9.61. The smallest absolute Gasteiger partial charge is 0.338 e. The predicted octanol–water partition coefficient (Wildman–Crippen LogP) is 2.79. The molecule has 2 N–H and O–H groups in total. The molecule has 10 heteroatoms. The average Bonchev–Trinajstić information content (AvgIpc) is 3.10. The zero-order valence-corrected chi connectivity index (χ0v) is 16.9. The van der Waals surface area contributed by atoms with Crippen LogP contribution in [0.4, 0.5) is 15.8 Å². The fraction of sp³-hybridized carbons (Fsp3) is 0.190. The van der Waals surface area contributed by atoms with Crippen LogP contribution in [-0.2, 0) is 16.1 Å². The summed E-state index contributed by atoms with van der Waals surface area (Å²) in [7, 11) is 0. The molecule has 0 fully saturated rings. The van der Waals surface area contributed by atoms with Crippen molar-refractivity contribution in [2.24, 2.45) is 0 Å². The number of hydrogen-bond donors (Lipinski definition) is 2. The number of para-hydroxylation sites is 1. The molecule has 1 aromatic heterocycles. The van der Waals surface area contributed by atoms with E-state index in [2.05, 4.69) is 20.9 Å². The number of anilines is 2. The predicted molar refractivity (Wildman–Crippen MR) is 110 cm³/mol. The molecule has 0 saturated carbocycles. The van der Waals surface area contributed by atoms with Gasteiger partial charge in [0.15, 0.2) is 5.69 Å². The Balaban J connectivity index is 1.62. The van der Waals surface area contributed by atoms with Crippen LogP contribution >= 0.6 is 0 Å². The van der Waals surface area contributed by atoms with Gasteiger partial charge in [-0.2, -0.15) is 0 Å². The molecule has 9 nitrogen and oxygen atoms in total. The van der Waals surface area contributed by atoms with Crippen LogP contribution in [0.3, 0.4) is 0 Å². The van der Waals surface area contributed by atoms with Gasteiger partial charge in [0.2, 0.25) is 5.91 Å². The van der Waals surface area contributed by atoms with Gasteiger partial charge in [-0.15, -0.1) is 5.10 Å². The van der Waals surface area contributed by atoms with E-state index >= 15 is 0 Å². The number of hydrogen-bond acceptors (Lipinski definition) is 6. The van der Waals surface area contributed by atoms with Crippen LogP contribution in [0.1, 0.15) is 33.5 Å². The van der Waals surface area contributed by atoms with Gasteiger partial charge >= 0.3 is 5.97 Å². The average molecular weight is 425 g/mol. The first-order chi connectivity index (χ1) is 14.9. The van der Waals surface area contributed by atoms with Crippen molar-refractivity contribution in [3.05, 3.63) is 71.3 Å². The van der Waals surface area contributed by atoms with Crippen LogP contribution in [0, 0.1) is 12.7 Å². The van der Waals surface area contributed by atoms with Crippen molar-refractivity contribution in [3.63, 3.8) is 0 Å². The third-order valence-corrected chi connectivity index (χ3v) is 4.29. The number of rotatable bonds is 7. The number of amides is 2. The van der Waals surface area contributed by atoms with E-state index in [0.29, 0.717) is 16.9 Å². The number of nitrogens with zero attached hydrogens (tertiary/aromatic N) is 3. The topological polar surface area (TPSA) is 115 Å². The Morgan fingerprint density at radius 3 is 2.45 bits per heavy atom. The summed E-state index contributed by atoms with van der Waals surface area (Å²) in [6, 6.07) is 12.0. The van der Waals surface area contributed by atoms with Crippen molar-refractivity contribution < 1.29 is 23.5 Å². The van der Waals surface area contributed by atoms with E-state index in [-0.39, 0.29) is 24.5 Å². The molecular weight excluding hydrogens is 405 g/mol. The summed E-state index contributed by atoms with van der Waals surface area (Å²) >= 11 is 0. The summed E-state index contributed by atoms with van der Waals surface area (Å²) in [5, 5.41) is 12.7. The molecule has 0 spiro atoms. The van der Waals surface area contributed by atoms with Gasteiger partial charge in [-0.25, -0.2) is 13.9 Å². The first-order valence-electron chi connectivity index (χ1n) is 9.42. The molecule has 2 aromatic carbocycles. The van der Waals surface area contributed by atoms with Crippen LogP contribution in [0.25, 0.3) is 0 Å². The molecule has 3 rings (SSSR count). The Morgan fingerprint density at radius 2 is 1.77 bits per heavy atom. The van der Waals surface area contributed by atoms with E-state index in [4.69, 9.17) is 4.74 Å². The molecule has 3 aromatic rings. The van der Waals surface area contributed by atoms with E-state index in [1.807, 2.05) is 0 Å². The van der Waals surface area contributed by atoms with Crippen LogP contribution < -0.4 is 10.6 Å². The zero-order chi connectivity index (χ0) is 22.4. The number of halogens is 1. The van der Waals surface area contributed by atoms with E-state index in [9.17, 15) is 18.8 Å². The SMILES string of the molecule is CCOC(=O)c1ccc(NC(=O)Cn2nnc(C(=O)Nc3ccccc3F)c2C)cc1. The van der Waals surface area contributed by atoms with Gasteiger partial charge in [-0.3, -0.25) is 9.59 Å².